The van der Waals surface area contributed by atoms with E-state index < -0.39 is 4.92 Å². The van der Waals surface area contributed by atoms with Crippen LogP contribution in [-0.2, 0) is 24.2 Å². The van der Waals surface area contributed by atoms with E-state index in [0.29, 0.717) is 24.2 Å². The zero-order valence-electron chi connectivity index (χ0n) is 10.5. The zero-order valence-corrected chi connectivity index (χ0v) is 10.5. The Morgan fingerprint density at radius 1 is 1.50 bits per heavy atom. The topological polar surface area (TPSA) is 116 Å². The maximum atomic E-state index is 11.1. The van der Waals surface area contributed by atoms with Gasteiger partial charge in [-0.25, -0.2) is 5.84 Å². The molecule has 0 spiro atoms. The van der Waals surface area contributed by atoms with Gasteiger partial charge >= 0.3 is 5.69 Å². The fourth-order valence-electron chi connectivity index (χ4n) is 1.81. The molecule has 0 saturated heterocycles. The summed E-state index contributed by atoms with van der Waals surface area (Å²) in [4.78, 5) is 21.7. The van der Waals surface area contributed by atoms with Crippen molar-refractivity contribution in [1.82, 2.24) is 15.2 Å². The van der Waals surface area contributed by atoms with Gasteiger partial charge in [0.05, 0.1) is 11.5 Å². The summed E-state index contributed by atoms with van der Waals surface area (Å²) in [7, 11) is 0. The van der Waals surface area contributed by atoms with Gasteiger partial charge in [-0.3, -0.25) is 25.0 Å². The molecule has 0 saturated carbocycles. The first-order chi connectivity index (χ1) is 8.54. The Kier molecular flexibility index (Phi) is 4.78. The Labute approximate surface area is 104 Å². The number of carbonyl (C=O) groups is 1. The SMILES string of the molecule is CCc1nn(CCC(=O)NN)c(CC)c1[N+](=O)[O-]. The minimum absolute atomic E-state index is 0.0631. The van der Waals surface area contributed by atoms with Crippen molar-refractivity contribution in [3.05, 3.63) is 21.5 Å². The molecule has 0 unspecified atom stereocenters. The van der Waals surface area contributed by atoms with Crippen LogP contribution in [0, 0.1) is 10.1 Å². The molecule has 1 aromatic rings. The van der Waals surface area contributed by atoms with Gasteiger partial charge in [0.2, 0.25) is 5.91 Å². The molecule has 18 heavy (non-hydrogen) atoms. The van der Waals surface area contributed by atoms with Crippen molar-refractivity contribution in [3.63, 3.8) is 0 Å². The third kappa shape index (κ3) is 2.83. The lowest BCUT2D eigenvalue weighted by molar-refractivity contribution is -0.386. The van der Waals surface area contributed by atoms with E-state index in [-0.39, 0.29) is 24.6 Å². The van der Waals surface area contributed by atoms with Crippen LogP contribution < -0.4 is 11.3 Å². The Balaban J connectivity index is 3.04. The molecular weight excluding hydrogens is 238 g/mol. The number of nitro groups is 1. The number of aromatic nitrogens is 2. The fraction of sp³-hybridized carbons (Fsp3) is 0.600. The van der Waals surface area contributed by atoms with Crippen molar-refractivity contribution < 1.29 is 9.72 Å². The average Bonchev–Trinajstić information content (AvgIpc) is 2.73. The van der Waals surface area contributed by atoms with Crippen molar-refractivity contribution in [2.75, 3.05) is 0 Å². The Bertz CT molecular complexity index is 455. The van der Waals surface area contributed by atoms with Gasteiger partial charge in [-0.2, -0.15) is 5.10 Å². The third-order valence-corrected chi connectivity index (χ3v) is 2.66. The van der Waals surface area contributed by atoms with Crippen LogP contribution in [0.2, 0.25) is 0 Å². The number of aryl methyl sites for hydroxylation is 2. The normalized spacial score (nSPS) is 10.4. The van der Waals surface area contributed by atoms with E-state index in [9.17, 15) is 14.9 Å². The van der Waals surface area contributed by atoms with E-state index in [2.05, 4.69) is 5.10 Å². The maximum Gasteiger partial charge on any atom is 0.313 e. The Hall–Kier alpha value is -1.96. The first-order valence-corrected chi connectivity index (χ1v) is 5.77. The first kappa shape index (κ1) is 14.1. The summed E-state index contributed by atoms with van der Waals surface area (Å²) in [6.45, 7) is 3.92. The molecule has 0 aliphatic rings. The highest BCUT2D eigenvalue weighted by atomic mass is 16.6. The van der Waals surface area contributed by atoms with Gasteiger partial charge in [-0.05, 0) is 12.8 Å². The van der Waals surface area contributed by atoms with Crippen LogP contribution in [0.25, 0.3) is 0 Å². The van der Waals surface area contributed by atoms with E-state index in [0.717, 1.165) is 0 Å². The molecule has 3 N–H and O–H groups in total. The lowest BCUT2D eigenvalue weighted by atomic mass is 10.2. The minimum Gasteiger partial charge on any atom is -0.294 e. The second kappa shape index (κ2) is 6.10. The molecule has 0 fully saturated rings. The lowest BCUT2D eigenvalue weighted by Crippen LogP contribution is -2.30. The molecule has 8 heteroatoms. The van der Waals surface area contributed by atoms with Gasteiger partial charge in [0.1, 0.15) is 11.4 Å². The summed E-state index contributed by atoms with van der Waals surface area (Å²) in [5.74, 6) is 4.65. The smallest absolute Gasteiger partial charge is 0.294 e. The monoisotopic (exact) mass is 255 g/mol. The van der Waals surface area contributed by atoms with Gasteiger partial charge in [0, 0.05) is 6.42 Å². The Morgan fingerprint density at radius 2 is 2.17 bits per heavy atom. The molecule has 1 heterocycles. The highest BCUT2D eigenvalue weighted by molar-refractivity contribution is 5.75. The summed E-state index contributed by atoms with van der Waals surface area (Å²) in [5, 5.41) is 15.2. The minimum atomic E-state index is -0.413. The summed E-state index contributed by atoms with van der Waals surface area (Å²) < 4.78 is 1.52. The van der Waals surface area contributed by atoms with Gasteiger partial charge in [0.15, 0.2) is 0 Å². The number of nitrogens with zero attached hydrogens (tertiary/aromatic N) is 3. The van der Waals surface area contributed by atoms with Gasteiger partial charge < -0.3 is 0 Å². The quantitative estimate of drug-likeness (QED) is 0.328. The van der Waals surface area contributed by atoms with Crippen molar-refractivity contribution in [2.24, 2.45) is 5.84 Å². The molecule has 1 amide bonds. The van der Waals surface area contributed by atoms with Crippen LogP contribution in [-0.4, -0.2) is 20.6 Å². The molecular formula is C10H17N5O3. The largest absolute Gasteiger partial charge is 0.313 e. The zero-order chi connectivity index (χ0) is 13.7. The number of hydrogen-bond acceptors (Lipinski definition) is 5. The van der Waals surface area contributed by atoms with Crippen LogP contribution in [0.1, 0.15) is 31.7 Å². The second-order valence-corrected chi connectivity index (χ2v) is 3.75. The number of carbonyl (C=O) groups excluding carboxylic acids is 1. The molecule has 0 aliphatic heterocycles. The van der Waals surface area contributed by atoms with E-state index in [1.54, 1.807) is 0 Å². The molecule has 8 nitrogen and oxygen atoms in total. The predicted molar refractivity (Wildman–Crippen MR) is 64.6 cm³/mol. The molecule has 0 radical (unpaired) electrons. The van der Waals surface area contributed by atoms with E-state index in [1.807, 2.05) is 19.3 Å². The van der Waals surface area contributed by atoms with Crippen LogP contribution in [0.3, 0.4) is 0 Å². The number of nitrogens with two attached hydrogens (primary N) is 1. The van der Waals surface area contributed by atoms with E-state index >= 15 is 0 Å². The van der Waals surface area contributed by atoms with Gasteiger partial charge in [-0.1, -0.05) is 13.8 Å². The molecule has 0 atom stereocenters. The molecule has 0 aliphatic carbocycles. The number of hydrogen-bond donors (Lipinski definition) is 2. The lowest BCUT2D eigenvalue weighted by Gasteiger charge is -2.04. The third-order valence-electron chi connectivity index (χ3n) is 2.66. The summed E-state index contributed by atoms with van der Waals surface area (Å²) in [5.41, 5.74) is 3.07. The average molecular weight is 255 g/mol. The van der Waals surface area contributed by atoms with Crippen LogP contribution >= 0.6 is 0 Å². The number of rotatable bonds is 6. The number of nitrogens with one attached hydrogen (secondary N) is 1. The van der Waals surface area contributed by atoms with Gasteiger partial charge in [-0.15, -0.1) is 0 Å². The number of amides is 1. The van der Waals surface area contributed by atoms with E-state index in [4.69, 9.17) is 5.84 Å². The van der Waals surface area contributed by atoms with Gasteiger partial charge in [0.25, 0.3) is 0 Å². The highest BCUT2D eigenvalue weighted by Gasteiger charge is 2.25. The number of hydrazine groups is 1. The van der Waals surface area contributed by atoms with E-state index in [1.165, 1.54) is 4.68 Å². The van der Waals surface area contributed by atoms with Crippen LogP contribution in [0.15, 0.2) is 0 Å². The fourth-order valence-corrected chi connectivity index (χ4v) is 1.81. The van der Waals surface area contributed by atoms with Crippen LogP contribution in [0.4, 0.5) is 5.69 Å². The van der Waals surface area contributed by atoms with Crippen molar-refractivity contribution in [2.45, 2.75) is 39.7 Å². The maximum absolute atomic E-state index is 11.1. The predicted octanol–water partition coefficient (Wildman–Crippen LogP) is 0.296. The Morgan fingerprint density at radius 3 is 2.61 bits per heavy atom. The summed E-state index contributed by atoms with van der Waals surface area (Å²) >= 11 is 0. The molecule has 1 aromatic heterocycles. The first-order valence-electron chi connectivity index (χ1n) is 5.77. The van der Waals surface area contributed by atoms with Crippen molar-refractivity contribution >= 4 is 11.6 Å². The molecule has 1 rings (SSSR count). The standard InChI is InChI=1S/C10H17N5O3/c1-3-7-10(15(17)18)8(4-2)14(13-7)6-5-9(16)12-11/h3-6,11H2,1-2H3,(H,12,16). The second-order valence-electron chi connectivity index (χ2n) is 3.75. The van der Waals surface area contributed by atoms with Crippen molar-refractivity contribution in [3.8, 4) is 0 Å². The molecule has 0 bridgehead atoms. The summed E-state index contributed by atoms with van der Waals surface area (Å²) in [6.07, 6.45) is 1.12. The summed E-state index contributed by atoms with van der Waals surface area (Å²) in [6, 6.07) is 0. The molecule has 100 valence electrons. The van der Waals surface area contributed by atoms with Crippen LogP contribution in [0.5, 0.6) is 0 Å². The van der Waals surface area contributed by atoms with Crippen molar-refractivity contribution in [1.29, 1.82) is 0 Å². The molecule has 0 aromatic carbocycles. The highest BCUT2D eigenvalue weighted by Crippen LogP contribution is 2.24.